The predicted octanol–water partition coefficient (Wildman–Crippen LogP) is 1.88. The minimum absolute atomic E-state index is 0.929. The number of hydrogen-bond donors (Lipinski definition) is 1. The standard InChI is InChI=1S/C10H19N3S/c1-5-8-9(7-11-3)14-10(12-8)13(4)6-2/h11H,5-7H2,1-4H3. The van der Waals surface area contributed by atoms with E-state index in [0.717, 1.165) is 24.6 Å². The van der Waals surface area contributed by atoms with Crippen LogP contribution in [-0.4, -0.2) is 25.6 Å². The molecule has 0 unspecified atom stereocenters. The number of aromatic nitrogens is 1. The summed E-state index contributed by atoms with van der Waals surface area (Å²) in [6.07, 6.45) is 1.02. The van der Waals surface area contributed by atoms with E-state index >= 15 is 0 Å². The molecule has 0 saturated carbocycles. The van der Waals surface area contributed by atoms with Gasteiger partial charge in [-0.05, 0) is 20.4 Å². The Morgan fingerprint density at radius 2 is 2.14 bits per heavy atom. The monoisotopic (exact) mass is 213 g/mol. The summed E-state index contributed by atoms with van der Waals surface area (Å²) in [7, 11) is 4.06. The molecule has 0 saturated heterocycles. The van der Waals surface area contributed by atoms with Crippen molar-refractivity contribution >= 4 is 16.5 Å². The van der Waals surface area contributed by atoms with Crippen molar-refractivity contribution in [2.75, 3.05) is 25.5 Å². The zero-order chi connectivity index (χ0) is 10.6. The van der Waals surface area contributed by atoms with Crippen LogP contribution in [0.25, 0.3) is 0 Å². The highest BCUT2D eigenvalue weighted by Gasteiger charge is 2.10. The third-order valence-corrected chi connectivity index (χ3v) is 3.45. The molecule has 0 bridgehead atoms. The van der Waals surface area contributed by atoms with Gasteiger partial charge in [0.1, 0.15) is 0 Å². The van der Waals surface area contributed by atoms with Crippen molar-refractivity contribution in [1.82, 2.24) is 10.3 Å². The first-order valence-corrected chi connectivity index (χ1v) is 5.88. The average Bonchev–Trinajstić information content (AvgIpc) is 2.60. The molecule has 1 aromatic heterocycles. The maximum atomic E-state index is 4.62. The molecule has 0 aromatic carbocycles. The second kappa shape index (κ2) is 5.32. The van der Waals surface area contributed by atoms with E-state index in [1.54, 1.807) is 11.3 Å². The van der Waals surface area contributed by atoms with Crippen molar-refractivity contribution in [2.24, 2.45) is 0 Å². The van der Waals surface area contributed by atoms with Gasteiger partial charge >= 0.3 is 0 Å². The van der Waals surface area contributed by atoms with Gasteiger partial charge < -0.3 is 10.2 Å². The van der Waals surface area contributed by atoms with Crippen molar-refractivity contribution in [3.8, 4) is 0 Å². The number of aryl methyl sites for hydroxylation is 1. The summed E-state index contributed by atoms with van der Waals surface area (Å²) in [5.74, 6) is 0. The van der Waals surface area contributed by atoms with Crippen molar-refractivity contribution in [3.63, 3.8) is 0 Å². The number of nitrogens with zero attached hydrogens (tertiary/aromatic N) is 2. The molecule has 1 aromatic rings. The number of anilines is 1. The Kier molecular flexibility index (Phi) is 4.35. The van der Waals surface area contributed by atoms with Gasteiger partial charge in [0.2, 0.25) is 0 Å². The summed E-state index contributed by atoms with van der Waals surface area (Å²) >= 11 is 1.79. The fourth-order valence-electron chi connectivity index (χ4n) is 1.24. The predicted molar refractivity (Wildman–Crippen MR) is 63.2 cm³/mol. The summed E-state index contributed by atoms with van der Waals surface area (Å²) in [5.41, 5.74) is 1.24. The lowest BCUT2D eigenvalue weighted by Gasteiger charge is -2.11. The Morgan fingerprint density at radius 1 is 1.43 bits per heavy atom. The first-order chi connectivity index (χ1) is 6.72. The van der Waals surface area contributed by atoms with Gasteiger partial charge in [0.05, 0.1) is 5.69 Å². The average molecular weight is 213 g/mol. The molecule has 4 heteroatoms. The molecule has 0 aliphatic rings. The van der Waals surface area contributed by atoms with Gasteiger partial charge in [0.15, 0.2) is 5.13 Å². The van der Waals surface area contributed by atoms with E-state index in [-0.39, 0.29) is 0 Å². The minimum atomic E-state index is 0.929. The van der Waals surface area contributed by atoms with E-state index < -0.39 is 0 Å². The van der Waals surface area contributed by atoms with E-state index in [1.165, 1.54) is 10.6 Å². The highest BCUT2D eigenvalue weighted by atomic mass is 32.1. The first-order valence-electron chi connectivity index (χ1n) is 5.07. The molecule has 14 heavy (non-hydrogen) atoms. The Labute approximate surface area is 90.2 Å². The van der Waals surface area contributed by atoms with Gasteiger partial charge in [0, 0.05) is 25.0 Å². The Morgan fingerprint density at radius 3 is 2.64 bits per heavy atom. The van der Waals surface area contributed by atoms with Gasteiger partial charge in [-0.3, -0.25) is 0 Å². The number of rotatable bonds is 5. The van der Waals surface area contributed by atoms with Crippen LogP contribution >= 0.6 is 11.3 Å². The van der Waals surface area contributed by atoms with Crippen LogP contribution in [0.1, 0.15) is 24.4 Å². The van der Waals surface area contributed by atoms with Crippen molar-refractivity contribution in [3.05, 3.63) is 10.6 Å². The lowest BCUT2D eigenvalue weighted by atomic mass is 10.3. The van der Waals surface area contributed by atoms with Gasteiger partial charge in [0.25, 0.3) is 0 Å². The Balaban J connectivity index is 2.88. The fraction of sp³-hybridized carbons (Fsp3) is 0.700. The first kappa shape index (κ1) is 11.5. The molecule has 1 N–H and O–H groups in total. The van der Waals surface area contributed by atoms with Crippen LogP contribution in [0.2, 0.25) is 0 Å². The van der Waals surface area contributed by atoms with Gasteiger partial charge in [-0.25, -0.2) is 4.98 Å². The van der Waals surface area contributed by atoms with Crippen LogP contribution < -0.4 is 10.2 Å². The molecule has 0 radical (unpaired) electrons. The minimum Gasteiger partial charge on any atom is -0.351 e. The summed E-state index contributed by atoms with van der Waals surface area (Å²) in [5, 5.41) is 4.31. The smallest absolute Gasteiger partial charge is 0.185 e. The van der Waals surface area contributed by atoms with Crippen LogP contribution in [0, 0.1) is 0 Å². The van der Waals surface area contributed by atoms with Gasteiger partial charge in [-0.2, -0.15) is 0 Å². The Bertz CT molecular complexity index is 283. The van der Waals surface area contributed by atoms with Crippen LogP contribution in [0.5, 0.6) is 0 Å². The maximum Gasteiger partial charge on any atom is 0.185 e. The second-order valence-corrected chi connectivity index (χ2v) is 4.33. The molecule has 1 heterocycles. The SMILES string of the molecule is CCc1nc(N(C)CC)sc1CNC. The van der Waals surface area contributed by atoms with Crippen LogP contribution in [0.15, 0.2) is 0 Å². The maximum absolute atomic E-state index is 4.62. The highest BCUT2D eigenvalue weighted by molar-refractivity contribution is 7.15. The zero-order valence-electron chi connectivity index (χ0n) is 9.42. The molecule has 0 amide bonds. The Hall–Kier alpha value is -0.610. The third kappa shape index (κ3) is 2.45. The summed E-state index contributed by atoms with van der Waals surface area (Å²) < 4.78 is 0. The van der Waals surface area contributed by atoms with Crippen molar-refractivity contribution in [1.29, 1.82) is 0 Å². The molecule has 0 fully saturated rings. The lowest BCUT2D eigenvalue weighted by Crippen LogP contribution is -2.15. The third-order valence-electron chi connectivity index (χ3n) is 2.24. The van der Waals surface area contributed by atoms with Gasteiger partial charge in [-0.1, -0.05) is 6.92 Å². The molecule has 1 rings (SSSR count). The van der Waals surface area contributed by atoms with E-state index in [4.69, 9.17) is 0 Å². The second-order valence-electron chi connectivity index (χ2n) is 3.26. The topological polar surface area (TPSA) is 28.2 Å². The zero-order valence-corrected chi connectivity index (χ0v) is 10.2. The van der Waals surface area contributed by atoms with E-state index in [0.29, 0.717) is 0 Å². The lowest BCUT2D eigenvalue weighted by molar-refractivity contribution is 0.814. The molecule has 0 atom stereocenters. The molecule has 3 nitrogen and oxygen atoms in total. The van der Waals surface area contributed by atoms with Crippen molar-refractivity contribution in [2.45, 2.75) is 26.8 Å². The number of hydrogen-bond acceptors (Lipinski definition) is 4. The molecule has 80 valence electrons. The van der Waals surface area contributed by atoms with Crippen LogP contribution in [0.4, 0.5) is 5.13 Å². The van der Waals surface area contributed by atoms with E-state index in [9.17, 15) is 0 Å². The fourth-order valence-corrected chi connectivity index (χ4v) is 2.43. The molecule has 0 aliphatic carbocycles. The van der Waals surface area contributed by atoms with Crippen LogP contribution in [0.3, 0.4) is 0 Å². The molecular weight excluding hydrogens is 194 g/mol. The summed E-state index contributed by atoms with van der Waals surface area (Å²) in [4.78, 5) is 8.17. The molecule has 0 spiro atoms. The van der Waals surface area contributed by atoms with Gasteiger partial charge in [-0.15, -0.1) is 11.3 Å². The largest absolute Gasteiger partial charge is 0.351 e. The summed E-state index contributed by atoms with van der Waals surface area (Å²) in [6, 6.07) is 0. The number of thiazole rings is 1. The molecular formula is C10H19N3S. The summed E-state index contributed by atoms with van der Waals surface area (Å²) in [6.45, 7) is 6.24. The highest BCUT2D eigenvalue weighted by Crippen LogP contribution is 2.25. The van der Waals surface area contributed by atoms with Crippen LogP contribution in [-0.2, 0) is 13.0 Å². The van der Waals surface area contributed by atoms with Crippen molar-refractivity contribution < 1.29 is 0 Å². The quantitative estimate of drug-likeness (QED) is 0.809. The molecule has 0 aliphatic heterocycles. The number of nitrogens with one attached hydrogen (secondary N) is 1. The van der Waals surface area contributed by atoms with E-state index in [1.807, 2.05) is 7.05 Å². The normalized spacial score (nSPS) is 10.6. The van der Waals surface area contributed by atoms with E-state index in [2.05, 4.69) is 36.1 Å².